The van der Waals surface area contributed by atoms with Crippen molar-refractivity contribution >= 4 is 29.0 Å². The van der Waals surface area contributed by atoms with Crippen molar-refractivity contribution in [3.63, 3.8) is 0 Å². The van der Waals surface area contributed by atoms with E-state index in [2.05, 4.69) is 5.10 Å². The number of carbonyl (C=O) groups is 2. The average molecular weight is 305 g/mol. The molecular formula is C14H15N3O3S. The number of thiophene rings is 1. The molecular weight excluding hydrogens is 290 g/mol. The molecule has 1 amide bonds. The van der Waals surface area contributed by atoms with Crippen LogP contribution in [0.2, 0.25) is 0 Å². The molecule has 0 fully saturated rings. The van der Waals surface area contributed by atoms with Crippen LogP contribution in [0.15, 0.2) is 23.6 Å². The van der Waals surface area contributed by atoms with E-state index in [9.17, 15) is 9.59 Å². The summed E-state index contributed by atoms with van der Waals surface area (Å²) in [4.78, 5) is 25.4. The van der Waals surface area contributed by atoms with Crippen molar-refractivity contribution in [2.45, 2.75) is 25.8 Å². The minimum Gasteiger partial charge on any atom is -0.481 e. The van der Waals surface area contributed by atoms with Crippen LogP contribution < -0.4 is 4.90 Å². The lowest BCUT2D eigenvalue weighted by Crippen LogP contribution is -2.38. The third-order valence-corrected chi connectivity index (χ3v) is 4.31. The van der Waals surface area contributed by atoms with Gasteiger partial charge in [-0.1, -0.05) is 6.07 Å². The average Bonchev–Trinajstić information content (AvgIpc) is 3.08. The minimum absolute atomic E-state index is 0.0329. The lowest BCUT2D eigenvalue weighted by molar-refractivity contribution is -0.137. The Balaban J connectivity index is 1.83. The summed E-state index contributed by atoms with van der Waals surface area (Å²) in [6.45, 7) is 0.996. The van der Waals surface area contributed by atoms with Crippen LogP contribution in [0.3, 0.4) is 0 Å². The Bertz CT molecular complexity index is 663. The van der Waals surface area contributed by atoms with Crippen LogP contribution in [0, 0.1) is 0 Å². The van der Waals surface area contributed by atoms with Crippen molar-refractivity contribution in [2.75, 3.05) is 11.4 Å². The molecule has 3 rings (SSSR count). The summed E-state index contributed by atoms with van der Waals surface area (Å²) in [5, 5.41) is 15.2. The van der Waals surface area contributed by atoms with Crippen molar-refractivity contribution in [1.29, 1.82) is 0 Å². The van der Waals surface area contributed by atoms with Crippen LogP contribution in [0.1, 0.15) is 19.3 Å². The minimum atomic E-state index is -0.841. The molecule has 0 bridgehead atoms. The van der Waals surface area contributed by atoms with Crippen molar-refractivity contribution in [1.82, 2.24) is 9.78 Å². The van der Waals surface area contributed by atoms with E-state index in [1.807, 2.05) is 28.3 Å². The number of carboxylic acid groups (broad SMARTS) is 1. The van der Waals surface area contributed by atoms with E-state index >= 15 is 0 Å². The molecule has 110 valence electrons. The molecule has 6 nitrogen and oxygen atoms in total. The maximum Gasteiger partial charge on any atom is 0.303 e. The maximum absolute atomic E-state index is 12.1. The zero-order chi connectivity index (χ0) is 14.8. The first kappa shape index (κ1) is 13.8. The Labute approximate surface area is 125 Å². The molecule has 0 aromatic carbocycles. The number of hydrogen-bond acceptors (Lipinski definition) is 4. The van der Waals surface area contributed by atoms with Gasteiger partial charge in [-0.3, -0.25) is 14.5 Å². The largest absolute Gasteiger partial charge is 0.481 e. The fourth-order valence-electron chi connectivity index (χ4n) is 2.43. The lowest BCUT2D eigenvalue weighted by atomic mass is 10.2. The standard InChI is InChI=1S/C14H15N3O3S/c18-13-5-7-17-12(16(13)6-1-4-14(19)20)9-10(15-17)11-3-2-8-21-11/h2-3,8-9H,1,4-7H2,(H,19,20). The van der Waals surface area contributed by atoms with E-state index in [1.54, 1.807) is 16.2 Å². The highest BCUT2D eigenvalue weighted by Crippen LogP contribution is 2.30. The van der Waals surface area contributed by atoms with E-state index in [4.69, 9.17) is 5.11 Å². The zero-order valence-electron chi connectivity index (χ0n) is 11.4. The van der Waals surface area contributed by atoms with Crippen LogP contribution in [0.25, 0.3) is 10.6 Å². The Kier molecular flexibility index (Phi) is 3.74. The lowest BCUT2D eigenvalue weighted by Gasteiger charge is -2.27. The Hall–Kier alpha value is -2.15. The molecule has 1 aliphatic rings. The van der Waals surface area contributed by atoms with Crippen LogP contribution in [-0.4, -0.2) is 33.3 Å². The van der Waals surface area contributed by atoms with Crippen molar-refractivity contribution in [3.05, 3.63) is 23.6 Å². The topological polar surface area (TPSA) is 75.4 Å². The highest BCUT2D eigenvalue weighted by Gasteiger charge is 2.26. The first-order chi connectivity index (χ1) is 10.1. The molecule has 2 aromatic heterocycles. The van der Waals surface area contributed by atoms with Gasteiger partial charge >= 0.3 is 5.97 Å². The number of amides is 1. The zero-order valence-corrected chi connectivity index (χ0v) is 12.2. The number of aliphatic carboxylic acids is 1. The smallest absolute Gasteiger partial charge is 0.303 e. The van der Waals surface area contributed by atoms with E-state index in [1.165, 1.54) is 0 Å². The summed E-state index contributed by atoms with van der Waals surface area (Å²) in [6, 6.07) is 5.87. The van der Waals surface area contributed by atoms with Gasteiger partial charge in [0, 0.05) is 25.5 Å². The Morgan fingerprint density at radius 1 is 1.48 bits per heavy atom. The fourth-order valence-corrected chi connectivity index (χ4v) is 3.11. The second-order valence-electron chi connectivity index (χ2n) is 4.88. The van der Waals surface area contributed by atoms with Gasteiger partial charge in [-0.2, -0.15) is 5.10 Å². The molecule has 7 heteroatoms. The molecule has 21 heavy (non-hydrogen) atoms. The normalized spacial score (nSPS) is 14.3. The van der Waals surface area contributed by atoms with Gasteiger partial charge in [-0.15, -0.1) is 11.3 Å². The van der Waals surface area contributed by atoms with E-state index in [0.29, 0.717) is 25.9 Å². The molecule has 0 aliphatic carbocycles. The molecule has 0 saturated carbocycles. The number of fused-ring (bicyclic) bond motifs is 1. The predicted molar refractivity (Wildman–Crippen MR) is 79.4 cm³/mol. The highest BCUT2D eigenvalue weighted by atomic mass is 32.1. The molecule has 0 unspecified atom stereocenters. The van der Waals surface area contributed by atoms with Gasteiger partial charge in [0.25, 0.3) is 0 Å². The third kappa shape index (κ3) is 2.82. The van der Waals surface area contributed by atoms with Gasteiger partial charge in [0.05, 0.1) is 11.4 Å². The summed E-state index contributed by atoms with van der Waals surface area (Å²) < 4.78 is 1.83. The number of nitrogens with zero attached hydrogens (tertiary/aromatic N) is 3. The van der Waals surface area contributed by atoms with Gasteiger partial charge in [0.15, 0.2) is 0 Å². The van der Waals surface area contributed by atoms with Crippen molar-refractivity contribution in [3.8, 4) is 10.6 Å². The predicted octanol–water partition coefficient (Wildman–Crippen LogP) is 2.21. The highest BCUT2D eigenvalue weighted by molar-refractivity contribution is 7.13. The monoisotopic (exact) mass is 305 g/mol. The molecule has 0 atom stereocenters. The molecule has 1 aliphatic heterocycles. The summed E-state index contributed by atoms with van der Waals surface area (Å²) in [5.74, 6) is -0.0437. The summed E-state index contributed by atoms with van der Waals surface area (Å²) in [6.07, 6.45) is 0.919. The summed E-state index contributed by atoms with van der Waals surface area (Å²) >= 11 is 1.61. The van der Waals surface area contributed by atoms with Gasteiger partial charge < -0.3 is 5.11 Å². The second kappa shape index (κ2) is 5.69. The van der Waals surface area contributed by atoms with E-state index in [0.717, 1.165) is 16.4 Å². The number of hydrogen-bond donors (Lipinski definition) is 1. The number of aryl methyl sites for hydroxylation is 1. The maximum atomic E-state index is 12.1. The molecule has 0 saturated heterocycles. The number of carboxylic acids is 1. The third-order valence-electron chi connectivity index (χ3n) is 3.42. The van der Waals surface area contributed by atoms with Gasteiger partial charge in [-0.05, 0) is 17.9 Å². The fraction of sp³-hybridized carbons (Fsp3) is 0.357. The number of rotatable bonds is 5. The Morgan fingerprint density at radius 3 is 3.05 bits per heavy atom. The SMILES string of the molecule is O=C(O)CCCN1C(=O)CCn2nc(-c3cccs3)cc21. The van der Waals surface area contributed by atoms with Gasteiger partial charge in [0.1, 0.15) is 11.5 Å². The first-order valence-electron chi connectivity index (χ1n) is 6.79. The summed E-state index contributed by atoms with van der Waals surface area (Å²) in [5.41, 5.74) is 0.859. The first-order valence-corrected chi connectivity index (χ1v) is 7.67. The van der Waals surface area contributed by atoms with Gasteiger partial charge in [0.2, 0.25) is 5.91 Å². The number of anilines is 1. The second-order valence-corrected chi connectivity index (χ2v) is 5.83. The van der Waals surface area contributed by atoms with Crippen molar-refractivity contribution in [2.24, 2.45) is 0 Å². The van der Waals surface area contributed by atoms with Crippen molar-refractivity contribution < 1.29 is 14.7 Å². The Morgan fingerprint density at radius 2 is 2.33 bits per heavy atom. The quantitative estimate of drug-likeness (QED) is 0.919. The van der Waals surface area contributed by atoms with Crippen LogP contribution in [0.5, 0.6) is 0 Å². The van der Waals surface area contributed by atoms with E-state index < -0.39 is 5.97 Å². The molecule has 1 N–H and O–H groups in total. The number of carbonyl (C=O) groups excluding carboxylic acids is 1. The van der Waals surface area contributed by atoms with E-state index in [-0.39, 0.29) is 12.3 Å². The number of aromatic nitrogens is 2. The molecule has 0 radical (unpaired) electrons. The van der Waals surface area contributed by atoms with Crippen LogP contribution in [-0.2, 0) is 16.1 Å². The molecule has 3 heterocycles. The summed E-state index contributed by atoms with van der Waals surface area (Å²) in [7, 11) is 0. The molecule has 0 spiro atoms. The van der Waals surface area contributed by atoms with Crippen LogP contribution in [0.4, 0.5) is 5.82 Å². The van der Waals surface area contributed by atoms with Crippen LogP contribution >= 0.6 is 11.3 Å². The van der Waals surface area contributed by atoms with Gasteiger partial charge in [-0.25, -0.2) is 4.68 Å². The molecule has 2 aromatic rings.